The van der Waals surface area contributed by atoms with E-state index in [0.717, 1.165) is 5.39 Å². The minimum absolute atomic E-state index is 0.105. The summed E-state index contributed by atoms with van der Waals surface area (Å²) in [6, 6.07) is 10.6. The van der Waals surface area contributed by atoms with Crippen molar-refractivity contribution in [2.75, 3.05) is 7.11 Å². The van der Waals surface area contributed by atoms with Gasteiger partial charge in [-0.15, -0.1) is 0 Å². The predicted molar refractivity (Wildman–Crippen MR) is 64.2 cm³/mol. The maximum Gasteiger partial charge on any atom is 0.380 e. The van der Waals surface area contributed by atoms with Gasteiger partial charge < -0.3 is 8.92 Å². The molecule has 17 heavy (non-hydrogen) atoms. The third-order valence-electron chi connectivity index (χ3n) is 2.26. The fourth-order valence-electron chi connectivity index (χ4n) is 1.59. The molecule has 0 aliphatic carbocycles. The molecule has 0 saturated carbocycles. The van der Waals surface area contributed by atoms with Crippen LogP contribution >= 0.6 is 0 Å². The molecule has 6 heteroatoms. The third-order valence-corrected chi connectivity index (χ3v) is 2.66. The Kier molecular flexibility index (Phi) is 2.91. The van der Waals surface area contributed by atoms with Crippen molar-refractivity contribution >= 4 is 21.1 Å². The molecular formula is C11H11NO4S. The summed E-state index contributed by atoms with van der Waals surface area (Å²) < 4.78 is 31.8. The first kappa shape index (κ1) is 11.7. The summed E-state index contributed by atoms with van der Waals surface area (Å²) in [5, 5.41) is 6.34. The normalized spacial score (nSPS) is 11.4. The second-order valence-electron chi connectivity index (χ2n) is 3.39. The van der Waals surface area contributed by atoms with Gasteiger partial charge in [-0.3, -0.25) is 0 Å². The Morgan fingerprint density at radius 3 is 2.47 bits per heavy atom. The zero-order chi connectivity index (χ0) is 12.5. The molecule has 0 aliphatic rings. The van der Waals surface area contributed by atoms with E-state index in [0.29, 0.717) is 11.1 Å². The maximum atomic E-state index is 11.0. The lowest BCUT2D eigenvalue weighted by Crippen LogP contribution is -2.19. The molecule has 0 fully saturated rings. The molecule has 0 unspecified atom stereocenters. The average Bonchev–Trinajstić information content (AvgIpc) is 2.28. The van der Waals surface area contributed by atoms with Crippen molar-refractivity contribution in [1.29, 1.82) is 0 Å². The first-order valence-electron chi connectivity index (χ1n) is 4.79. The summed E-state index contributed by atoms with van der Waals surface area (Å²) >= 11 is 0. The Morgan fingerprint density at radius 2 is 1.82 bits per heavy atom. The largest absolute Gasteiger partial charge is 0.493 e. The molecule has 0 atom stereocenters. The SMILES string of the molecule is COc1ccc2ccccc2c1OS(N)(=O)=O. The van der Waals surface area contributed by atoms with E-state index in [-0.39, 0.29) is 5.75 Å². The molecule has 0 saturated heterocycles. The van der Waals surface area contributed by atoms with Gasteiger partial charge >= 0.3 is 10.3 Å². The molecule has 2 N–H and O–H groups in total. The van der Waals surface area contributed by atoms with Crippen LogP contribution < -0.4 is 14.1 Å². The monoisotopic (exact) mass is 253 g/mol. The summed E-state index contributed by atoms with van der Waals surface area (Å²) in [4.78, 5) is 0. The molecular weight excluding hydrogens is 242 g/mol. The lowest BCUT2D eigenvalue weighted by Gasteiger charge is -2.11. The Bertz CT molecular complexity index is 652. The van der Waals surface area contributed by atoms with Crippen molar-refractivity contribution in [2.24, 2.45) is 5.14 Å². The van der Waals surface area contributed by atoms with E-state index in [1.54, 1.807) is 18.2 Å². The van der Waals surface area contributed by atoms with E-state index in [9.17, 15) is 8.42 Å². The quantitative estimate of drug-likeness (QED) is 0.897. The van der Waals surface area contributed by atoms with Crippen molar-refractivity contribution in [3.8, 4) is 11.5 Å². The average molecular weight is 253 g/mol. The van der Waals surface area contributed by atoms with Crippen LogP contribution in [0.2, 0.25) is 0 Å². The van der Waals surface area contributed by atoms with Crippen LogP contribution in [-0.2, 0) is 10.3 Å². The number of hydrogen-bond acceptors (Lipinski definition) is 4. The maximum absolute atomic E-state index is 11.0. The minimum Gasteiger partial charge on any atom is -0.493 e. The van der Waals surface area contributed by atoms with E-state index >= 15 is 0 Å². The van der Waals surface area contributed by atoms with Crippen LogP contribution in [-0.4, -0.2) is 15.5 Å². The predicted octanol–water partition coefficient (Wildman–Crippen LogP) is 1.43. The van der Waals surface area contributed by atoms with E-state index in [4.69, 9.17) is 14.1 Å². The highest BCUT2D eigenvalue weighted by Gasteiger charge is 2.14. The highest BCUT2D eigenvalue weighted by Crippen LogP contribution is 2.35. The smallest absolute Gasteiger partial charge is 0.380 e. The lowest BCUT2D eigenvalue weighted by atomic mass is 10.1. The van der Waals surface area contributed by atoms with E-state index < -0.39 is 10.3 Å². The van der Waals surface area contributed by atoms with Crippen LogP contribution in [0.4, 0.5) is 0 Å². The zero-order valence-electron chi connectivity index (χ0n) is 9.08. The summed E-state index contributed by atoms with van der Waals surface area (Å²) in [7, 11) is -2.65. The van der Waals surface area contributed by atoms with Crippen molar-refractivity contribution in [2.45, 2.75) is 0 Å². The Labute approximate surface area is 99.0 Å². The molecule has 0 heterocycles. The van der Waals surface area contributed by atoms with Crippen LogP contribution in [0.1, 0.15) is 0 Å². The van der Waals surface area contributed by atoms with Crippen LogP contribution in [0, 0.1) is 0 Å². The summed E-state index contributed by atoms with van der Waals surface area (Å²) in [5.74, 6) is 0.422. The third kappa shape index (κ3) is 2.48. The number of hydrogen-bond donors (Lipinski definition) is 1. The van der Waals surface area contributed by atoms with Gasteiger partial charge in [0.25, 0.3) is 0 Å². The van der Waals surface area contributed by atoms with Crippen molar-refractivity contribution in [3.05, 3.63) is 36.4 Å². The fraction of sp³-hybridized carbons (Fsp3) is 0.0909. The molecule has 2 aromatic carbocycles. The molecule has 5 nitrogen and oxygen atoms in total. The molecule has 0 spiro atoms. The number of ether oxygens (including phenoxy) is 1. The van der Waals surface area contributed by atoms with Gasteiger partial charge in [0.15, 0.2) is 11.5 Å². The molecule has 2 rings (SSSR count). The van der Waals surface area contributed by atoms with Crippen LogP contribution in [0.25, 0.3) is 10.8 Å². The van der Waals surface area contributed by atoms with Crippen molar-refractivity contribution in [3.63, 3.8) is 0 Å². The fourth-order valence-corrected chi connectivity index (χ4v) is 1.99. The second-order valence-corrected chi connectivity index (χ2v) is 4.55. The molecule has 90 valence electrons. The van der Waals surface area contributed by atoms with E-state index in [1.807, 2.05) is 18.2 Å². The minimum atomic E-state index is -4.08. The van der Waals surface area contributed by atoms with Gasteiger partial charge in [0, 0.05) is 5.39 Å². The topological polar surface area (TPSA) is 78.6 Å². The van der Waals surface area contributed by atoms with E-state index in [1.165, 1.54) is 7.11 Å². The van der Waals surface area contributed by atoms with Gasteiger partial charge in [0.05, 0.1) is 7.11 Å². The molecule has 2 aromatic rings. The Hall–Kier alpha value is -1.79. The zero-order valence-corrected chi connectivity index (χ0v) is 9.90. The summed E-state index contributed by atoms with van der Waals surface area (Å²) in [6.07, 6.45) is 0. The van der Waals surface area contributed by atoms with Gasteiger partial charge in [0.1, 0.15) is 0 Å². The number of methoxy groups -OCH3 is 1. The molecule has 0 aliphatic heterocycles. The van der Waals surface area contributed by atoms with E-state index in [2.05, 4.69) is 0 Å². The van der Waals surface area contributed by atoms with Crippen LogP contribution in [0.15, 0.2) is 36.4 Å². The van der Waals surface area contributed by atoms with Crippen molar-refractivity contribution in [1.82, 2.24) is 0 Å². The number of nitrogens with two attached hydrogens (primary N) is 1. The Morgan fingerprint density at radius 1 is 1.12 bits per heavy atom. The Balaban J connectivity index is 2.71. The standard InChI is InChI=1S/C11H11NO4S/c1-15-10-7-6-8-4-2-3-5-9(8)11(10)16-17(12,13)14/h2-7H,1H3,(H2,12,13,14). The number of fused-ring (bicyclic) bond motifs is 1. The first-order chi connectivity index (χ1) is 8.01. The molecule has 0 radical (unpaired) electrons. The summed E-state index contributed by atoms with van der Waals surface area (Å²) in [5.41, 5.74) is 0. The van der Waals surface area contributed by atoms with Crippen molar-refractivity contribution < 1.29 is 17.3 Å². The molecule has 0 bridgehead atoms. The van der Waals surface area contributed by atoms with Gasteiger partial charge in [-0.1, -0.05) is 30.3 Å². The van der Waals surface area contributed by atoms with Crippen LogP contribution in [0.3, 0.4) is 0 Å². The lowest BCUT2D eigenvalue weighted by molar-refractivity contribution is 0.392. The number of rotatable bonds is 3. The summed E-state index contributed by atoms with van der Waals surface area (Å²) in [6.45, 7) is 0. The van der Waals surface area contributed by atoms with Crippen LogP contribution in [0.5, 0.6) is 11.5 Å². The van der Waals surface area contributed by atoms with Gasteiger partial charge in [-0.2, -0.15) is 13.6 Å². The van der Waals surface area contributed by atoms with Gasteiger partial charge in [-0.25, -0.2) is 0 Å². The second kappa shape index (κ2) is 4.23. The highest BCUT2D eigenvalue weighted by molar-refractivity contribution is 7.84. The highest BCUT2D eigenvalue weighted by atomic mass is 32.2. The molecule has 0 amide bonds. The van der Waals surface area contributed by atoms with Gasteiger partial charge in [-0.05, 0) is 11.5 Å². The van der Waals surface area contributed by atoms with Gasteiger partial charge in [0.2, 0.25) is 0 Å². The molecule has 0 aromatic heterocycles. The first-order valence-corrected chi connectivity index (χ1v) is 6.26. The number of benzene rings is 2.